The number of hydrogen-bond donors (Lipinski definition) is 0. The molecule has 0 saturated carbocycles. The number of benzene rings is 1. The Morgan fingerprint density at radius 2 is 2.00 bits per heavy atom. The molecule has 2 rings (SSSR count). The van der Waals surface area contributed by atoms with Crippen LogP contribution in [0.5, 0.6) is 17.2 Å². The van der Waals surface area contributed by atoms with Gasteiger partial charge in [-0.1, -0.05) is 19.1 Å². The van der Waals surface area contributed by atoms with E-state index in [0.29, 0.717) is 29.9 Å². The fraction of sp³-hybridized carbons (Fsp3) is 0.400. The van der Waals surface area contributed by atoms with Gasteiger partial charge in [0.25, 0.3) is 0 Å². The number of allylic oxidation sites excluding steroid dienone is 1. The summed E-state index contributed by atoms with van der Waals surface area (Å²) in [5.74, 6) is 0.226. The summed E-state index contributed by atoms with van der Waals surface area (Å²) >= 11 is 0. The highest BCUT2D eigenvalue weighted by Gasteiger charge is 2.19. The lowest BCUT2D eigenvalue weighted by Gasteiger charge is -2.16. The van der Waals surface area contributed by atoms with Gasteiger partial charge in [0.2, 0.25) is 5.75 Å². The molecule has 26 heavy (non-hydrogen) atoms. The van der Waals surface area contributed by atoms with Gasteiger partial charge in [-0.05, 0) is 38.8 Å². The normalized spacial score (nSPS) is 11.3. The van der Waals surface area contributed by atoms with E-state index in [1.807, 2.05) is 32.9 Å². The summed E-state index contributed by atoms with van der Waals surface area (Å²) in [6.45, 7) is 7.42. The second-order valence-corrected chi connectivity index (χ2v) is 5.98. The molecule has 0 aliphatic rings. The van der Waals surface area contributed by atoms with E-state index in [2.05, 4.69) is 0 Å². The SMILES string of the molecule is CCC=CCCOc1c(OC(C)C)c2ccc(OC(C)=O)cc2oc1=O. The predicted molar refractivity (Wildman–Crippen MR) is 99.1 cm³/mol. The fourth-order valence-corrected chi connectivity index (χ4v) is 2.36. The maximum absolute atomic E-state index is 12.4. The fourth-order valence-electron chi connectivity index (χ4n) is 2.36. The maximum atomic E-state index is 12.4. The highest BCUT2D eigenvalue weighted by atomic mass is 16.5. The number of esters is 1. The highest BCUT2D eigenvalue weighted by Crippen LogP contribution is 2.35. The van der Waals surface area contributed by atoms with Crippen LogP contribution in [0.3, 0.4) is 0 Å². The number of carbonyl (C=O) groups is 1. The van der Waals surface area contributed by atoms with Crippen molar-refractivity contribution in [2.24, 2.45) is 0 Å². The van der Waals surface area contributed by atoms with Crippen LogP contribution < -0.4 is 19.8 Å². The van der Waals surface area contributed by atoms with E-state index in [1.54, 1.807) is 12.1 Å². The van der Waals surface area contributed by atoms with Crippen molar-refractivity contribution < 1.29 is 23.4 Å². The zero-order chi connectivity index (χ0) is 19.1. The average molecular weight is 360 g/mol. The summed E-state index contributed by atoms with van der Waals surface area (Å²) < 4.78 is 21.9. The molecule has 0 spiro atoms. The Hall–Kier alpha value is -2.76. The summed E-state index contributed by atoms with van der Waals surface area (Å²) in [4.78, 5) is 23.5. The van der Waals surface area contributed by atoms with Crippen LogP contribution in [0, 0.1) is 0 Å². The van der Waals surface area contributed by atoms with Crippen LogP contribution in [-0.4, -0.2) is 18.7 Å². The van der Waals surface area contributed by atoms with Crippen molar-refractivity contribution >= 4 is 16.9 Å². The molecule has 1 aromatic heterocycles. The van der Waals surface area contributed by atoms with E-state index in [1.165, 1.54) is 13.0 Å². The second-order valence-electron chi connectivity index (χ2n) is 5.98. The van der Waals surface area contributed by atoms with Crippen molar-refractivity contribution in [3.05, 3.63) is 40.8 Å². The van der Waals surface area contributed by atoms with E-state index in [4.69, 9.17) is 18.6 Å². The first-order chi connectivity index (χ1) is 12.4. The van der Waals surface area contributed by atoms with Crippen molar-refractivity contribution in [2.45, 2.75) is 46.6 Å². The molecule has 0 aliphatic carbocycles. The zero-order valence-electron chi connectivity index (χ0n) is 15.5. The molecule has 6 heteroatoms. The van der Waals surface area contributed by atoms with E-state index < -0.39 is 11.6 Å². The van der Waals surface area contributed by atoms with Gasteiger partial charge in [0.1, 0.15) is 11.3 Å². The number of hydrogen-bond acceptors (Lipinski definition) is 6. The first-order valence-electron chi connectivity index (χ1n) is 8.66. The quantitative estimate of drug-likeness (QED) is 0.230. The number of ether oxygens (including phenoxy) is 3. The van der Waals surface area contributed by atoms with Crippen LogP contribution in [0.4, 0.5) is 0 Å². The molecular weight excluding hydrogens is 336 g/mol. The van der Waals surface area contributed by atoms with E-state index in [0.717, 1.165) is 6.42 Å². The van der Waals surface area contributed by atoms with Crippen molar-refractivity contribution in [2.75, 3.05) is 6.61 Å². The largest absolute Gasteiger partial charge is 0.486 e. The number of rotatable bonds is 8. The molecule has 1 aromatic carbocycles. The standard InChI is InChI=1S/C20H24O6/c1-5-6-7-8-11-23-19-18(24-13(2)3)16-10-9-15(25-14(4)21)12-17(16)26-20(19)22/h6-7,9-10,12-13H,5,8,11H2,1-4H3. The Morgan fingerprint density at radius 1 is 1.23 bits per heavy atom. The highest BCUT2D eigenvalue weighted by molar-refractivity contribution is 5.87. The van der Waals surface area contributed by atoms with Gasteiger partial charge >= 0.3 is 11.6 Å². The van der Waals surface area contributed by atoms with Gasteiger partial charge in [-0.15, -0.1) is 0 Å². The lowest BCUT2D eigenvalue weighted by Crippen LogP contribution is -2.14. The van der Waals surface area contributed by atoms with Gasteiger partial charge in [0.05, 0.1) is 18.1 Å². The molecule has 2 aromatic rings. The van der Waals surface area contributed by atoms with Gasteiger partial charge in [0.15, 0.2) is 5.75 Å². The molecule has 0 amide bonds. The van der Waals surface area contributed by atoms with Gasteiger partial charge < -0.3 is 18.6 Å². The van der Waals surface area contributed by atoms with Crippen LogP contribution in [0.25, 0.3) is 11.0 Å². The topological polar surface area (TPSA) is 75.0 Å². The molecule has 0 atom stereocenters. The summed E-state index contributed by atoms with van der Waals surface area (Å²) in [5, 5.41) is 0.577. The van der Waals surface area contributed by atoms with E-state index in [9.17, 15) is 9.59 Å². The molecule has 0 N–H and O–H groups in total. The zero-order valence-corrected chi connectivity index (χ0v) is 15.5. The summed E-state index contributed by atoms with van der Waals surface area (Å²) in [7, 11) is 0. The molecular formula is C20H24O6. The first kappa shape index (κ1) is 19.6. The smallest absolute Gasteiger partial charge is 0.383 e. The minimum Gasteiger partial charge on any atom is -0.486 e. The van der Waals surface area contributed by atoms with Crippen molar-refractivity contribution in [3.8, 4) is 17.2 Å². The first-order valence-corrected chi connectivity index (χ1v) is 8.66. The summed E-state index contributed by atoms with van der Waals surface area (Å²) in [5.41, 5.74) is -0.366. The molecule has 0 unspecified atom stereocenters. The van der Waals surface area contributed by atoms with Crippen LogP contribution in [0.15, 0.2) is 39.6 Å². The van der Waals surface area contributed by atoms with E-state index in [-0.39, 0.29) is 17.4 Å². The number of fused-ring (bicyclic) bond motifs is 1. The molecule has 0 aliphatic heterocycles. The Morgan fingerprint density at radius 3 is 2.65 bits per heavy atom. The molecule has 140 valence electrons. The summed E-state index contributed by atoms with van der Waals surface area (Å²) in [6, 6.07) is 4.78. The van der Waals surface area contributed by atoms with Crippen molar-refractivity contribution in [1.29, 1.82) is 0 Å². The molecule has 0 bridgehead atoms. The van der Waals surface area contributed by atoms with Gasteiger partial charge in [-0.2, -0.15) is 0 Å². The van der Waals surface area contributed by atoms with Gasteiger partial charge in [0, 0.05) is 13.0 Å². The van der Waals surface area contributed by atoms with Gasteiger partial charge in [-0.25, -0.2) is 4.79 Å². The Bertz CT molecular complexity index is 847. The maximum Gasteiger partial charge on any atom is 0.383 e. The van der Waals surface area contributed by atoms with Crippen LogP contribution >= 0.6 is 0 Å². The molecule has 6 nitrogen and oxygen atoms in total. The minimum atomic E-state index is -0.632. The van der Waals surface area contributed by atoms with Crippen LogP contribution in [-0.2, 0) is 4.79 Å². The predicted octanol–water partition coefficient (Wildman–Crippen LogP) is 4.24. The third-order valence-electron chi connectivity index (χ3n) is 3.34. The lowest BCUT2D eigenvalue weighted by atomic mass is 10.2. The molecule has 0 radical (unpaired) electrons. The Kier molecular flexibility index (Phi) is 6.83. The Balaban J connectivity index is 2.43. The van der Waals surface area contributed by atoms with Crippen molar-refractivity contribution in [1.82, 2.24) is 0 Å². The molecule has 1 heterocycles. The third kappa shape index (κ3) is 5.12. The van der Waals surface area contributed by atoms with Gasteiger partial charge in [-0.3, -0.25) is 4.79 Å². The van der Waals surface area contributed by atoms with Crippen LogP contribution in [0.1, 0.15) is 40.5 Å². The second kappa shape index (κ2) is 9.08. The summed E-state index contributed by atoms with van der Waals surface area (Å²) in [6.07, 6.45) is 5.50. The van der Waals surface area contributed by atoms with Crippen molar-refractivity contribution in [3.63, 3.8) is 0 Å². The molecule has 0 saturated heterocycles. The lowest BCUT2D eigenvalue weighted by molar-refractivity contribution is -0.131. The minimum absolute atomic E-state index is 0.0522. The monoisotopic (exact) mass is 360 g/mol. The average Bonchev–Trinajstić information content (AvgIpc) is 2.55. The molecule has 0 fully saturated rings. The van der Waals surface area contributed by atoms with Crippen LogP contribution in [0.2, 0.25) is 0 Å². The third-order valence-corrected chi connectivity index (χ3v) is 3.34. The van der Waals surface area contributed by atoms with E-state index >= 15 is 0 Å². The Labute approximate surface area is 152 Å². The number of carbonyl (C=O) groups excluding carboxylic acids is 1.